The number of benzene rings is 1. The number of H-pyrrole nitrogens is 1. The van der Waals surface area contributed by atoms with Crippen molar-refractivity contribution < 1.29 is 0 Å². The predicted octanol–water partition coefficient (Wildman–Crippen LogP) is 3.49. The molecule has 0 aliphatic carbocycles. The molecule has 19 heavy (non-hydrogen) atoms. The lowest BCUT2D eigenvalue weighted by Crippen LogP contribution is -1.85. The highest BCUT2D eigenvalue weighted by molar-refractivity contribution is 7.98. The van der Waals surface area contributed by atoms with E-state index in [1.54, 1.807) is 18.0 Å². The molecule has 0 atom stereocenters. The zero-order valence-corrected chi connectivity index (χ0v) is 11.5. The number of thioether (sulfide) groups is 1. The number of hydrogen-bond donors (Lipinski definition) is 2. The number of aromatic amines is 1. The van der Waals surface area contributed by atoms with Crippen molar-refractivity contribution >= 4 is 40.1 Å². The molecule has 2 heterocycles. The quantitative estimate of drug-likeness (QED) is 0.440. The summed E-state index contributed by atoms with van der Waals surface area (Å²) >= 11 is 7.61. The zero-order valence-electron chi connectivity index (χ0n) is 9.93. The van der Waals surface area contributed by atoms with Crippen molar-refractivity contribution in [3.05, 3.63) is 47.2 Å². The summed E-state index contributed by atoms with van der Waals surface area (Å²) in [6, 6.07) is 9.46. The van der Waals surface area contributed by atoms with Crippen LogP contribution in [0.1, 0.15) is 5.56 Å². The molecule has 0 saturated carbocycles. The summed E-state index contributed by atoms with van der Waals surface area (Å²) in [5.74, 6) is 0.724. The normalized spacial score (nSPS) is 11.0. The van der Waals surface area contributed by atoms with E-state index in [1.165, 1.54) is 0 Å². The Labute approximate surface area is 119 Å². The summed E-state index contributed by atoms with van der Waals surface area (Å²) in [4.78, 5) is 11.8. The van der Waals surface area contributed by atoms with Crippen molar-refractivity contribution in [3.8, 4) is 0 Å². The summed E-state index contributed by atoms with van der Waals surface area (Å²) in [6.45, 7) is 0. The Morgan fingerprint density at radius 3 is 3.05 bits per heavy atom. The maximum absolute atomic E-state index is 6.02. The fourth-order valence-corrected chi connectivity index (χ4v) is 2.88. The number of nitrogens with one attached hydrogen (secondary N) is 1. The van der Waals surface area contributed by atoms with Gasteiger partial charge in [-0.25, -0.2) is 9.97 Å². The molecule has 3 N–H and O–H groups in total. The molecule has 0 saturated heterocycles. The highest BCUT2D eigenvalue weighted by Gasteiger charge is 2.06. The third-order valence-electron chi connectivity index (χ3n) is 2.68. The molecule has 0 fully saturated rings. The van der Waals surface area contributed by atoms with Gasteiger partial charge in [0, 0.05) is 17.6 Å². The van der Waals surface area contributed by atoms with Gasteiger partial charge in [-0.1, -0.05) is 29.4 Å². The number of fused-ring (bicyclic) bond motifs is 1. The Balaban J connectivity index is 1.80. The van der Waals surface area contributed by atoms with E-state index in [0.717, 1.165) is 33.2 Å². The topological polar surface area (TPSA) is 67.6 Å². The molecule has 6 heteroatoms. The van der Waals surface area contributed by atoms with E-state index in [1.807, 2.05) is 30.3 Å². The van der Waals surface area contributed by atoms with Crippen molar-refractivity contribution in [1.29, 1.82) is 0 Å². The lowest BCUT2D eigenvalue weighted by molar-refractivity contribution is 1.08. The molecule has 4 nitrogen and oxygen atoms in total. The molecule has 0 amide bonds. The Kier molecular flexibility index (Phi) is 3.31. The zero-order chi connectivity index (χ0) is 13.2. The van der Waals surface area contributed by atoms with E-state index in [0.29, 0.717) is 5.15 Å². The van der Waals surface area contributed by atoms with Gasteiger partial charge in [-0.2, -0.15) is 0 Å². The second kappa shape index (κ2) is 5.11. The van der Waals surface area contributed by atoms with Crippen molar-refractivity contribution in [3.63, 3.8) is 0 Å². The first-order valence-electron chi connectivity index (χ1n) is 5.70. The molecule has 0 aliphatic heterocycles. The van der Waals surface area contributed by atoms with Crippen LogP contribution in [-0.2, 0) is 5.75 Å². The lowest BCUT2D eigenvalue weighted by atomic mass is 10.3. The Hall–Kier alpha value is -1.72. The molecule has 1 aromatic carbocycles. The highest BCUT2D eigenvalue weighted by Crippen LogP contribution is 2.26. The van der Waals surface area contributed by atoms with Gasteiger partial charge in [0.1, 0.15) is 5.15 Å². The van der Waals surface area contributed by atoms with Gasteiger partial charge in [0.05, 0.1) is 11.0 Å². The number of anilines is 1. The van der Waals surface area contributed by atoms with E-state index in [4.69, 9.17) is 17.3 Å². The number of nitrogen functional groups attached to an aromatic ring is 1. The molecule has 0 unspecified atom stereocenters. The second-order valence-electron chi connectivity index (χ2n) is 4.06. The summed E-state index contributed by atoms with van der Waals surface area (Å²) in [7, 11) is 0. The van der Waals surface area contributed by atoms with Crippen LogP contribution >= 0.6 is 23.4 Å². The van der Waals surface area contributed by atoms with Crippen LogP contribution in [0.15, 0.2) is 41.7 Å². The lowest BCUT2D eigenvalue weighted by Gasteiger charge is -2.00. The molecule has 0 bridgehead atoms. The molecule has 0 radical (unpaired) electrons. The van der Waals surface area contributed by atoms with E-state index in [9.17, 15) is 0 Å². The number of imidazole rings is 1. The van der Waals surface area contributed by atoms with Gasteiger partial charge in [-0.05, 0) is 29.8 Å². The van der Waals surface area contributed by atoms with Gasteiger partial charge in [-0.3, -0.25) is 0 Å². The molecule has 3 rings (SSSR count). The molecule has 0 aliphatic rings. The minimum absolute atomic E-state index is 0.537. The average molecular weight is 291 g/mol. The number of halogens is 1. The van der Waals surface area contributed by atoms with Gasteiger partial charge in [-0.15, -0.1) is 0 Å². The molecular weight excluding hydrogens is 280 g/mol. The van der Waals surface area contributed by atoms with Crippen molar-refractivity contribution in [2.45, 2.75) is 10.9 Å². The van der Waals surface area contributed by atoms with Gasteiger partial charge in [0.25, 0.3) is 0 Å². The van der Waals surface area contributed by atoms with Crippen LogP contribution in [0.2, 0.25) is 5.15 Å². The van der Waals surface area contributed by atoms with Crippen LogP contribution in [0.4, 0.5) is 5.69 Å². The number of rotatable bonds is 3. The van der Waals surface area contributed by atoms with E-state index >= 15 is 0 Å². The van der Waals surface area contributed by atoms with Gasteiger partial charge in [0.15, 0.2) is 5.16 Å². The number of nitrogens with two attached hydrogens (primary N) is 1. The highest BCUT2D eigenvalue weighted by atomic mass is 35.5. The van der Waals surface area contributed by atoms with Crippen LogP contribution < -0.4 is 5.73 Å². The monoisotopic (exact) mass is 290 g/mol. The number of aromatic nitrogens is 3. The number of pyridine rings is 1. The van der Waals surface area contributed by atoms with Gasteiger partial charge < -0.3 is 10.7 Å². The minimum Gasteiger partial charge on any atom is -0.399 e. The van der Waals surface area contributed by atoms with Crippen LogP contribution in [0.25, 0.3) is 11.0 Å². The SMILES string of the molecule is Nc1ccc2nc(SCc3cccnc3Cl)[nH]c2c1. The molecule has 2 aromatic heterocycles. The summed E-state index contributed by atoms with van der Waals surface area (Å²) in [5.41, 5.74) is 9.31. The van der Waals surface area contributed by atoms with Crippen LogP contribution in [-0.4, -0.2) is 15.0 Å². The largest absolute Gasteiger partial charge is 0.399 e. The minimum atomic E-state index is 0.537. The first-order chi connectivity index (χ1) is 9.22. The van der Waals surface area contributed by atoms with Crippen molar-refractivity contribution in [1.82, 2.24) is 15.0 Å². The van der Waals surface area contributed by atoms with E-state index in [2.05, 4.69) is 15.0 Å². The maximum Gasteiger partial charge on any atom is 0.166 e. The fraction of sp³-hybridized carbons (Fsp3) is 0.0769. The number of hydrogen-bond acceptors (Lipinski definition) is 4. The van der Waals surface area contributed by atoms with Crippen LogP contribution in [0.5, 0.6) is 0 Å². The first kappa shape index (κ1) is 12.3. The third-order valence-corrected chi connectivity index (χ3v) is 3.95. The second-order valence-corrected chi connectivity index (χ2v) is 5.38. The first-order valence-corrected chi connectivity index (χ1v) is 7.06. The van der Waals surface area contributed by atoms with Crippen LogP contribution in [0.3, 0.4) is 0 Å². The Morgan fingerprint density at radius 1 is 1.32 bits per heavy atom. The van der Waals surface area contributed by atoms with Crippen molar-refractivity contribution in [2.75, 3.05) is 5.73 Å². The fourth-order valence-electron chi connectivity index (χ4n) is 1.75. The molecule has 96 valence electrons. The van der Waals surface area contributed by atoms with Crippen LogP contribution in [0, 0.1) is 0 Å². The summed E-state index contributed by atoms with van der Waals surface area (Å²) in [6.07, 6.45) is 1.68. The third kappa shape index (κ3) is 2.67. The predicted molar refractivity (Wildman–Crippen MR) is 79.3 cm³/mol. The van der Waals surface area contributed by atoms with Gasteiger partial charge >= 0.3 is 0 Å². The molecule has 0 spiro atoms. The molecule has 3 aromatic rings. The maximum atomic E-state index is 6.02. The average Bonchev–Trinajstić information content (AvgIpc) is 2.79. The standard InChI is InChI=1S/C13H11ClN4S/c14-12-8(2-1-5-16-12)7-19-13-17-10-4-3-9(15)6-11(10)18-13/h1-6H,7,15H2,(H,17,18). The Morgan fingerprint density at radius 2 is 2.21 bits per heavy atom. The summed E-state index contributed by atoms with van der Waals surface area (Å²) < 4.78 is 0. The number of nitrogens with zero attached hydrogens (tertiary/aromatic N) is 2. The smallest absolute Gasteiger partial charge is 0.166 e. The Bertz CT molecular complexity index is 725. The molecular formula is C13H11ClN4S. The van der Waals surface area contributed by atoms with E-state index < -0.39 is 0 Å². The van der Waals surface area contributed by atoms with Gasteiger partial charge in [0.2, 0.25) is 0 Å². The summed E-state index contributed by atoms with van der Waals surface area (Å²) in [5, 5.41) is 1.39. The van der Waals surface area contributed by atoms with Crippen molar-refractivity contribution in [2.24, 2.45) is 0 Å². The van der Waals surface area contributed by atoms with E-state index in [-0.39, 0.29) is 0 Å².